The van der Waals surface area contributed by atoms with Crippen molar-refractivity contribution in [3.8, 4) is 44.8 Å². The summed E-state index contributed by atoms with van der Waals surface area (Å²) in [6.45, 7) is 0. The fourth-order valence-corrected chi connectivity index (χ4v) is 7.64. The van der Waals surface area contributed by atoms with Gasteiger partial charge in [0.15, 0.2) is 5.58 Å². The number of nitrogens with zero attached hydrogens (tertiary/aromatic N) is 2. The van der Waals surface area contributed by atoms with E-state index in [9.17, 15) is 0 Å². The first-order valence-electron chi connectivity index (χ1n) is 18.3. The maximum atomic E-state index is 6.44. The molecule has 0 aliphatic carbocycles. The van der Waals surface area contributed by atoms with Gasteiger partial charge in [0.1, 0.15) is 5.52 Å². The summed E-state index contributed by atoms with van der Waals surface area (Å²) in [5.41, 5.74) is 13.0. The maximum Gasteiger partial charge on any atom is 0.227 e. The zero-order valence-corrected chi connectivity index (χ0v) is 29.4. The minimum atomic E-state index is 0.635. The molecule has 0 aliphatic rings. The Labute approximate surface area is 314 Å². The smallest absolute Gasteiger partial charge is 0.227 e. The lowest BCUT2D eigenvalue weighted by atomic mass is 9.95. The number of aromatic nitrogens is 1. The molecule has 0 aliphatic heterocycles. The van der Waals surface area contributed by atoms with Crippen LogP contribution in [0.5, 0.6) is 0 Å². The molecule has 0 N–H and O–H groups in total. The van der Waals surface area contributed by atoms with E-state index in [1.54, 1.807) is 0 Å². The molecule has 3 nitrogen and oxygen atoms in total. The van der Waals surface area contributed by atoms with Gasteiger partial charge >= 0.3 is 0 Å². The fourth-order valence-electron chi connectivity index (χ4n) is 7.64. The fraction of sp³-hybridized carbons (Fsp3) is 0. The third kappa shape index (κ3) is 5.69. The van der Waals surface area contributed by atoms with E-state index in [0.717, 1.165) is 66.8 Å². The maximum absolute atomic E-state index is 6.44. The van der Waals surface area contributed by atoms with Gasteiger partial charge in [0.25, 0.3) is 0 Å². The molecule has 0 atom stereocenters. The molecule has 3 heteroatoms. The summed E-state index contributed by atoms with van der Waals surface area (Å²) in [4.78, 5) is 7.15. The number of fused-ring (bicyclic) bond motifs is 4. The highest BCUT2D eigenvalue weighted by molar-refractivity contribution is 6.11. The van der Waals surface area contributed by atoms with E-state index in [1.807, 2.05) is 36.4 Å². The van der Waals surface area contributed by atoms with Crippen LogP contribution in [0.1, 0.15) is 0 Å². The van der Waals surface area contributed by atoms with Crippen LogP contribution in [0.4, 0.5) is 17.1 Å². The molecule has 0 bridgehead atoms. The minimum Gasteiger partial charge on any atom is -0.435 e. The first-order valence-corrected chi connectivity index (χ1v) is 18.3. The monoisotopic (exact) mass is 690 g/mol. The lowest BCUT2D eigenvalue weighted by molar-refractivity contribution is 0.623. The van der Waals surface area contributed by atoms with E-state index in [4.69, 9.17) is 9.40 Å². The lowest BCUT2D eigenvalue weighted by Crippen LogP contribution is -2.09. The molecular formula is C51H34N2O. The minimum absolute atomic E-state index is 0.635. The zero-order chi connectivity index (χ0) is 35.8. The van der Waals surface area contributed by atoms with Gasteiger partial charge in [0.2, 0.25) is 5.89 Å². The quantitative estimate of drug-likeness (QED) is 0.167. The molecule has 0 unspecified atom stereocenters. The summed E-state index contributed by atoms with van der Waals surface area (Å²) in [6.07, 6.45) is 0. The van der Waals surface area contributed by atoms with Gasteiger partial charge in [-0.15, -0.1) is 0 Å². The lowest BCUT2D eigenvalue weighted by Gasteiger charge is -2.26. The predicted molar refractivity (Wildman–Crippen MR) is 225 cm³/mol. The molecule has 0 saturated carbocycles. The largest absolute Gasteiger partial charge is 0.435 e. The molecular weight excluding hydrogens is 657 g/mol. The molecule has 0 fully saturated rings. The van der Waals surface area contributed by atoms with E-state index in [-0.39, 0.29) is 0 Å². The molecule has 1 aromatic heterocycles. The van der Waals surface area contributed by atoms with E-state index in [1.165, 1.54) is 21.9 Å². The molecule has 10 aromatic rings. The van der Waals surface area contributed by atoms with Gasteiger partial charge in [0.05, 0.1) is 0 Å². The zero-order valence-electron chi connectivity index (χ0n) is 29.4. The van der Waals surface area contributed by atoms with E-state index in [2.05, 4.69) is 175 Å². The van der Waals surface area contributed by atoms with Crippen molar-refractivity contribution in [2.45, 2.75) is 0 Å². The Kier molecular flexibility index (Phi) is 7.81. The molecule has 10 rings (SSSR count). The first kappa shape index (κ1) is 31.5. The first-order chi connectivity index (χ1) is 26.8. The molecule has 0 radical (unpaired) electrons. The molecule has 1 heterocycles. The number of benzene rings is 9. The van der Waals surface area contributed by atoms with Crippen LogP contribution in [0.2, 0.25) is 0 Å². The average molecular weight is 691 g/mol. The number of anilines is 3. The summed E-state index contributed by atoms with van der Waals surface area (Å²) < 4.78 is 6.44. The Balaban J connectivity index is 0.964. The number of para-hydroxylation sites is 1. The third-order valence-corrected chi connectivity index (χ3v) is 10.3. The molecule has 0 saturated heterocycles. The number of hydrogen-bond donors (Lipinski definition) is 0. The van der Waals surface area contributed by atoms with Crippen molar-refractivity contribution in [1.29, 1.82) is 0 Å². The van der Waals surface area contributed by atoms with Gasteiger partial charge in [-0.2, -0.15) is 0 Å². The Morgan fingerprint density at radius 2 is 0.870 bits per heavy atom. The highest BCUT2D eigenvalue weighted by Crippen LogP contribution is 2.39. The molecule has 0 spiro atoms. The second-order valence-corrected chi connectivity index (χ2v) is 13.6. The van der Waals surface area contributed by atoms with Crippen molar-refractivity contribution < 1.29 is 4.42 Å². The second kappa shape index (κ2) is 13.4. The van der Waals surface area contributed by atoms with Gasteiger partial charge < -0.3 is 9.32 Å². The van der Waals surface area contributed by atoms with Crippen LogP contribution in [0.15, 0.2) is 211 Å². The van der Waals surface area contributed by atoms with Crippen LogP contribution in [0, 0.1) is 0 Å². The van der Waals surface area contributed by atoms with Crippen molar-refractivity contribution in [2.75, 3.05) is 4.90 Å². The molecule has 254 valence electrons. The summed E-state index contributed by atoms with van der Waals surface area (Å²) in [5.74, 6) is 0.635. The molecule has 9 aromatic carbocycles. The second-order valence-electron chi connectivity index (χ2n) is 13.6. The van der Waals surface area contributed by atoms with Crippen molar-refractivity contribution in [1.82, 2.24) is 4.98 Å². The van der Waals surface area contributed by atoms with Crippen molar-refractivity contribution in [2.24, 2.45) is 0 Å². The highest BCUT2D eigenvalue weighted by Gasteiger charge is 2.16. The Hall–Kier alpha value is -7.23. The third-order valence-electron chi connectivity index (χ3n) is 10.3. The van der Waals surface area contributed by atoms with E-state index in [0.29, 0.717) is 5.89 Å². The standard InChI is InChI=1S/C51H34N2O/c1-3-12-41(13-4-1)51-52-48-34-29-40-15-10-20-47(49(40)50(48)54-51)39-23-21-35(22-24-39)36-25-30-43(31-26-36)53(42-16-5-2-6-17-42)44-32-27-38(28-33-44)46-19-9-14-37-11-7-8-18-45(37)46/h1-34H. The van der Waals surface area contributed by atoms with Crippen molar-refractivity contribution in [3.05, 3.63) is 206 Å². The van der Waals surface area contributed by atoms with Crippen LogP contribution < -0.4 is 4.90 Å². The topological polar surface area (TPSA) is 29.3 Å². The number of oxazole rings is 1. The summed E-state index contributed by atoms with van der Waals surface area (Å²) >= 11 is 0. The van der Waals surface area contributed by atoms with Crippen LogP contribution in [-0.4, -0.2) is 4.98 Å². The van der Waals surface area contributed by atoms with E-state index < -0.39 is 0 Å². The number of hydrogen-bond acceptors (Lipinski definition) is 3. The van der Waals surface area contributed by atoms with Crippen LogP contribution in [0.3, 0.4) is 0 Å². The Morgan fingerprint density at radius 1 is 0.352 bits per heavy atom. The van der Waals surface area contributed by atoms with Gasteiger partial charge in [-0.3, -0.25) is 0 Å². The summed E-state index contributed by atoms with van der Waals surface area (Å²) in [6, 6.07) is 72.9. The average Bonchev–Trinajstić information content (AvgIpc) is 3.70. The van der Waals surface area contributed by atoms with Crippen LogP contribution in [0.25, 0.3) is 77.5 Å². The number of rotatable bonds is 7. The SMILES string of the molecule is c1ccc(-c2nc3ccc4cccc(-c5ccc(-c6ccc(N(c7ccccc7)c7ccc(-c8cccc9ccccc89)cc7)cc6)cc5)c4c3o2)cc1. The van der Waals surface area contributed by atoms with Crippen LogP contribution in [-0.2, 0) is 0 Å². The summed E-state index contributed by atoms with van der Waals surface area (Å²) in [7, 11) is 0. The summed E-state index contributed by atoms with van der Waals surface area (Å²) in [5, 5.41) is 4.71. The van der Waals surface area contributed by atoms with Gasteiger partial charge in [-0.1, -0.05) is 152 Å². The van der Waals surface area contributed by atoms with Crippen LogP contribution >= 0.6 is 0 Å². The van der Waals surface area contributed by atoms with Gasteiger partial charge in [-0.25, -0.2) is 4.98 Å². The molecule has 0 amide bonds. The van der Waals surface area contributed by atoms with Crippen molar-refractivity contribution >= 4 is 49.7 Å². The van der Waals surface area contributed by atoms with Crippen molar-refractivity contribution in [3.63, 3.8) is 0 Å². The van der Waals surface area contributed by atoms with Gasteiger partial charge in [0, 0.05) is 28.0 Å². The highest BCUT2D eigenvalue weighted by atomic mass is 16.3. The Bertz CT molecular complexity index is 2890. The van der Waals surface area contributed by atoms with E-state index >= 15 is 0 Å². The Morgan fingerprint density at radius 3 is 1.59 bits per heavy atom. The normalized spacial score (nSPS) is 11.3. The molecule has 54 heavy (non-hydrogen) atoms. The van der Waals surface area contributed by atoms with Gasteiger partial charge in [-0.05, 0) is 104 Å². The predicted octanol–water partition coefficient (Wildman–Crippen LogP) is 14.3.